The first-order valence-electron chi connectivity index (χ1n) is 5.26. The van der Waals surface area contributed by atoms with Gasteiger partial charge in [0.05, 0.1) is 18.8 Å². The van der Waals surface area contributed by atoms with Crippen molar-refractivity contribution in [2.75, 3.05) is 11.9 Å². The van der Waals surface area contributed by atoms with Crippen LogP contribution < -0.4 is 5.32 Å². The maximum Gasteiger partial charge on any atom is 0.172 e. The number of nitrogens with one attached hydrogen (secondary N) is 1. The Bertz CT molecular complexity index is 564. The third kappa shape index (κ3) is 2.95. The van der Waals surface area contributed by atoms with E-state index in [1.807, 2.05) is 19.9 Å². The lowest BCUT2D eigenvalue weighted by Crippen LogP contribution is -2.04. The second-order valence-electron chi connectivity index (χ2n) is 3.56. The van der Waals surface area contributed by atoms with Crippen LogP contribution in [-0.2, 0) is 0 Å². The van der Waals surface area contributed by atoms with Crippen molar-refractivity contribution < 1.29 is 0 Å². The van der Waals surface area contributed by atoms with E-state index in [0.29, 0.717) is 0 Å². The van der Waals surface area contributed by atoms with E-state index in [0.717, 1.165) is 41.5 Å². The summed E-state index contributed by atoms with van der Waals surface area (Å²) in [6.07, 6.45) is 0. The normalized spacial score (nSPS) is 10.7. The summed E-state index contributed by atoms with van der Waals surface area (Å²) in [6.45, 7) is 4.84. The molecule has 18 heavy (non-hydrogen) atoms. The number of anilines is 1. The van der Waals surface area contributed by atoms with E-state index in [-0.39, 0.29) is 0 Å². The highest BCUT2D eigenvalue weighted by atomic mass is 79.9. The predicted octanol–water partition coefficient (Wildman–Crippen LogP) is 5.23. The van der Waals surface area contributed by atoms with Gasteiger partial charge in [-0.25, -0.2) is 9.97 Å². The van der Waals surface area contributed by atoms with Crippen molar-refractivity contribution in [3.05, 3.63) is 24.5 Å². The molecule has 0 spiro atoms. The Morgan fingerprint density at radius 2 is 2.00 bits per heavy atom. The average molecular weight is 456 g/mol. The molecule has 2 rings (SSSR count). The molecule has 2 aromatic rings. The zero-order chi connectivity index (χ0) is 13.3. The van der Waals surface area contributed by atoms with Gasteiger partial charge in [0.1, 0.15) is 5.82 Å². The van der Waals surface area contributed by atoms with Crippen LogP contribution in [0.15, 0.2) is 18.8 Å². The highest BCUT2D eigenvalue weighted by Crippen LogP contribution is 2.38. The van der Waals surface area contributed by atoms with Crippen LogP contribution in [0.3, 0.4) is 0 Å². The molecule has 0 radical (unpaired) electrons. The first-order chi connectivity index (χ1) is 8.52. The molecule has 0 aromatic carbocycles. The van der Waals surface area contributed by atoms with Crippen molar-refractivity contribution in [2.45, 2.75) is 13.8 Å². The molecule has 96 valence electrons. The minimum absolute atomic E-state index is 0.739. The molecule has 0 amide bonds. The molecular weight excluding hydrogens is 446 g/mol. The predicted molar refractivity (Wildman–Crippen MR) is 87.3 cm³/mol. The summed E-state index contributed by atoms with van der Waals surface area (Å²) in [5.41, 5.74) is 0.927. The van der Waals surface area contributed by atoms with Gasteiger partial charge < -0.3 is 5.32 Å². The Morgan fingerprint density at radius 1 is 1.28 bits per heavy atom. The third-order valence-corrected chi connectivity index (χ3v) is 6.43. The van der Waals surface area contributed by atoms with Crippen LogP contribution in [0.1, 0.15) is 12.6 Å². The van der Waals surface area contributed by atoms with Gasteiger partial charge >= 0.3 is 0 Å². The summed E-state index contributed by atoms with van der Waals surface area (Å²) in [4.78, 5) is 10.1. The molecule has 1 N–H and O–H groups in total. The zero-order valence-corrected chi connectivity index (χ0v) is 15.3. The second-order valence-corrected chi connectivity index (χ2v) is 7.58. The number of hydrogen-bond donors (Lipinski definition) is 1. The molecule has 0 aliphatic heterocycles. The number of aryl methyl sites for hydroxylation is 1. The number of rotatable bonds is 3. The van der Waals surface area contributed by atoms with Crippen molar-refractivity contribution in [1.82, 2.24) is 9.97 Å². The van der Waals surface area contributed by atoms with Crippen LogP contribution in [0.25, 0.3) is 10.7 Å². The van der Waals surface area contributed by atoms with Gasteiger partial charge in [0, 0.05) is 11.0 Å². The van der Waals surface area contributed by atoms with Crippen LogP contribution in [0.2, 0.25) is 0 Å². The summed E-state index contributed by atoms with van der Waals surface area (Å²) >= 11 is 12.1. The molecule has 0 atom stereocenters. The van der Waals surface area contributed by atoms with E-state index in [1.54, 1.807) is 11.3 Å². The van der Waals surface area contributed by atoms with Crippen molar-refractivity contribution in [3.63, 3.8) is 0 Å². The van der Waals surface area contributed by atoms with Crippen molar-refractivity contribution in [1.29, 1.82) is 0 Å². The van der Waals surface area contributed by atoms with Gasteiger partial charge in [-0.1, -0.05) is 0 Å². The monoisotopic (exact) mass is 453 g/mol. The van der Waals surface area contributed by atoms with E-state index < -0.39 is 0 Å². The van der Waals surface area contributed by atoms with Gasteiger partial charge in [0.2, 0.25) is 0 Å². The first-order valence-corrected chi connectivity index (χ1v) is 8.45. The molecule has 0 fully saturated rings. The van der Waals surface area contributed by atoms with Gasteiger partial charge in [-0.05, 0) is 67.7 Å². The van der Waals surface area contributed by atoms with E-state index in [2.05, 4.69) is 63.1 Å². The van der Waals surface area contributed by atoms with Crippen LogP contribution >= 0.6 is 59.1 Å². The average Bonchev–Trinajstić information content (AvgIpc) is 2.65. The molecule has 3 nitrogen and oxygen atoms in total. The lowest BCUT2D eigenvalue weighted by atomic mass is 10.3. The minimum Gasteiger partial charge on any atom is -0.369 e. The van der Waals surface area contributed by atoms with E-state index in [4.69, 9.17) is 0 Å². The summed E-state index contributed by atoms with van der Waals surface area (Å²) in [5, 5.41) is 3.23. The van der Waals surface area contributed by atoms with Crippen molar-refractivity contribution in [3.8, 4) is 10.7 Å². The van der Waals surface area contributed by atoms with Crippen LogP contribution in [0.5, 0.6) is 0 Å². The van der Waals surface area contributed by atoms with E-state index >= 15 is 0 Å². The number of hydrogen-bond acceptors (Lipinski definition) is 4. The molecule has 7 heteroatoms. The number of nitrogens with zero attached hydrogens (tertiary/aromatic N) is 2. The number of thiophene rings is 1. The van der Waals surface area contributed by atoms with Gasteiger partial charge in [0.25, 0.3) is 0 Å². The molecule has 2 heterocycles. The van der Waals surface area contributed by atoms with E-state index in [1.165, 1.54) is 0 Å². The summed E-state index contributed by atoms with van der Waals surface area (Å²) in [5.74, 6) is 1.57. The standard InChI is InChI=1S/C11H10Br3N3S/c1-3-15-11-8(13)5(2)16-10(17-11)7-4-6(12)9(14)18-7/h4H,3H2,1-2H3,(H,15,16,17). The van der Waals surface area contributed by atoms with Crippen molar-refractivity contribution >= 4 is 64.9 Å². The topological polar surface area (TPSA) is 37.8 Å². The molecule has 0 saturated carbocycles. The molecule has 0 saturated heterocycles. The van der Waals surface area contributed by atoms with Gasteiger partial charge in [-0.2, -0.15) is 0 Å². The number of halogens is 3. The largest absolute Gasteiger partial charge is 0.369 e. The molecule has 2 aromatic heterocycles. The fourth-order valence-electron chi connectivity index (χ4n) is 1.41. The molecule has 0 aliphatic carbocycles. The molecule has 0 unspecified atom stereocenters. The Balaban J connectivity index is 2.51. The molecular formula is C11H10Br3N3S. The third-order valence-electron chi connectivity index (χ3n) is 2.23. The maximum absolute atomic E-state index is 4.55. The lowest BCUT2D eigenvalue weighted by Gasteiger charge is -2.08. The van der Waals surface area contributed by atoms with E-state index in [9.17, 15) is 0 Å². The second kappa shape index (κ2) is 5.98. The van der Waals surface area contributed by atoms with Crippen LogP contribution in [0.4, 0.5) is 5.82 Å². The highest BCUT2D eigenvalue weighted by molar-refractivity contribution is 9.13. The summed E-state index contributed by atoms with van der Waals surface area (Å²) in [6, 6.07) is 2.02. The quantitative estimate of drug-likeness (QED) is 0.688. The maximum atomic E-state index is 4.55. The van der Waals surface area contributed by atoms with Gasteiger partial charge in [-0.3, -0.25) is 0 Å². The fraction of sp³-hybridized carbons (Fsp3) is 0.273. The SMILES string of the molecule is CCNc1nc(-c2cc(Br)c(Br)s2)nc(C)c1Br. The summed E-state index contributed by atoms with van der Waals surface area (Å²) < 4.78 is 2.99. The Kier molecular flexibility index (Phi) is 4.80. The zero-order valence-electron chi connectivity index (χ0n) is 9.72. The smallest absolute Gasteiger partial charge is 0.172 e. The summed E-state index contributed by atoms with van der Waals surface area (Å²) in [7, 11) is 0. The molecule has 0 bridgehead atoms. The molecule has 0 aliphatic rings. The first kappa shape index (κ1) is 14.4. The van der Waals surface area contributed by atoms with Gasteiger partial charge in [0.15, 0.2) is 5.82 Å². The van der Waals surface area contributed by atoms with Crippen LogP contribution in [-0.4, -0.2) is 16.5 Å². The Labute approximate surface area is 135 Å². The fourth-order valence-corrected chi connectivity index (χ4v) is 3.70. The lowest BCUT2D eigenvalue weighted by molar-refractivity contribution is 1.07. The minimum atomic E-state index is 0.739. The Hall–Kier alpha value is 0.0200. The number of aromatic nitrogens is 2. The van der Waals surface area contributed by atoms with Crippen LogP contribution in [0, 0.1) is 6.92 Å². The van der Waals surface area contributed by atoms with Gasteiger partial charge in [-0.15, -0.1) is 11.3 Å². The highest BCUT2D eigenvalue weighted by Gasteiger charge is 2.13. The van der Waals surface area contributed by atoms with Crippen molar-refractivity contribution in [2.24, 2.45) is 0 Å². The Morgan fingerprint density at radius 3 is 2.56 bits per heavy atom.